The van der Waals surface area contributed by atoms with Crippen LogP contribution in [-0.2, 0) is 0 Å². The number of carbonyl (C=O) groups is 1. The van der Waals surface area contributed by atoms with Crippen LogP contribution in [0.4, 0.5) is 0 Å². The average Bonchev–Trinajstić information content (AvgIpc) is 2.93. The van der Waals surface area contributed by atoms with Crippen molar-refractivity contribution in [3.8, 4) is 11.5 Å². The molecule has 0 aliphatic carbocycles. The molecule has 0 unspecified atom stereocenters. The van der Waals surface area contributed by atoms with Crippen LogP contribution in [0.1, 0.15) is 20.2 Å². The van der Waals surface area contributed by atoms with E-state index in [-0.39, 0.29) is 4.88 Å². The Hall–Kier alpha value is -2.34. The van der Waals surface area contributed by atoms with Crippen LogP contribution in [0.3, 0.4) is 0 Å². The van der Waals surface area contributed by atoms with E-state index in [0.717, 1.165) is 16.9 Å². The lowest BCUT2D eigenvalue weighted by Gasteiger charge is -2.05. The third kappa shape index (κ3) is 3.36. The van der Waals surface area contributed by atoms with Gasteiger partial charge in [-0.2, -0.15) is 0 Å². The Kier molecular flexibility index (Phi) is 4.37. The average molecular weight is 291 g/mol. The Bertz CT molecular complexity index is 626. The van der Waals surface area contributed by atoms with Crippen molar-refractivity contribution in [3.63, 3.8) is 0 Å². The molecule has 1 heterocycles. The predicted molar refractivity (Wildman–Crippen MR) is 77.5 cm³/mol. The summed E-state index contributed by atoms with van der Waals surface area (Å²) in [5, 5.41) is 9.46. The summed E-state index contributed by atoms with van der Waals surface area (Å²) in [6.07, 6.45) is 4.93. The minimum Gasteiger partial charge on any atom is -0.497 e. The minimum atomic E-state index is -0.967. The fraction of sp³-hybridized carbons (Fsp3) is 0.143. The Balaban J connectivity index is 2.23. The maximum Gasteiger partial charge on any atom is 0.347 e. The summed E-state index contributed by atoms with van der Waals surface area (Å²) in [6.45, 7) is 0. The van der Waals surface area contributed by atoms with Crippen molar-refractivity contribution in [2.75, 3.05) is 14.2 Å². The van der Waals surface area contributed by atoms with Crippen LogP contribution in [0.2, 0.25) is 0 Å². The first kappa shape index (κ1) is 14.1. The molecule has 1 aromatic heterocycles. The van der Waals surface area contributed by atoms with Crippen molar-refractivity contribution in [1.82, 2.24) is 4.98 Å². The number of hydrogen-bond donors (Lipinski definition) is 1. The molecule has 0 saturated heterocycles. The van der Waals surface area contributed by atoms with Gasteiger partial charge in [0, 0.05) is 6.07 Å². The molecule has 0 bridgehead atoms. The van der Waals surface area contributed by atoms with Crippen LogP contribution in [-0.4, -0.2) is 30.3 Å². The molecule has 0 saturated carbocycles. The molecule has 0 radical (unpaired) electrons. The van der Waals surface area contributed by atoms with E-state index in [9.17, 15) is 4.79 Å². The van der Waals surface area contributed by atoms with E-state index in [0.29, 0.717) is 16.5 Å². The fourth-order valence-corrected chi connectivity index (χ4v) is 2.22. The molecule has 0 aliphatic rings. The molecule has 5 nitrogen and oxygen atoms in total. The summed E-state index contributed by atoms with van der Waals surface area (Å²) >= 11 is 1.12. The van der Waals surface area contributed by atoms with Crippen LogP contribution >= 0.6 is 11.3 Å². The van der Waals surface area contributed by atoms with Gasteiger partial charge in [-0.25, -0.2) is 9.78 Å². The number of hydrogen-bond acceptors (Lipinski definition) is 5. The quantitative estimate of drug-likeness (QED) is 0.917. The topological polar surface area (TPSA) is 68.7 Å². The lowest BCUT2D eigenvalue weighted by atomic mass is 10.2. The normalized spacial score (nSPS) is 10.7. The van der Waals surface area contributed by atoms with Crippen molar-refractivity contribution in [2.24, 2.45) is 0 Å². The summed E-state index contributed by atoms with van der Waals surface area (Å²) in [5.41, 5.74) is 0.883. The van der Waals surface area contributed by atoms with E-state index in [1.807, 2.05) is 18.2 Å². The summed E-state index contributed by atoms with van der Waals surface area (Å²) in [4.78, 5) is 15.0. The van der Waals surface area contributed by atoms with Crippen LogP contribution in [0.5, 0.6) is 11.5 Å². The molecule has 0 fully saturated rings. The van der Waals surface area contributed by atoms with E-state index < -0.39 is 5.97 Å². The van der Waals surface area contributed by atoms with Gasteiger partial charge in [-0.05, 0) is 23.8 Å². The molecule has 2 aromatic rings. The van der Waals surface area contributed by atoms with Crippen LogP contribution in [0.25, 0.3) is 12.2 Å². The Labute approximate surface area is 120 Å². The first-order valence-corrected chi connectivity index (χ1v) is 6.54. The molecule has 0 amide bonds. The second kappa shape index (κ2) is 6.21. The van der Waals surface area contributed by atoms with Gasteiger partial charge in [-0.15, -0.1) is 11.3 Å². The number of thiazole rings is 1. The number of rotatable bonds is 5. The van der Waals surface area contributed by atoms with Gasteiger partial charge < -0.3 is 14.6 Å². The Morgan fingerprint density at radius 1 is 1.20 bits per heavy atom. The van der Waals surface area contributed by atoms with E-state index in [1.165, 1.54) is 6.20 Å². The van der Waals surface area contributed by atoms with Gasteiger partial charge in [0.2, 0.25) is 0 Å². The van der Waals surface area contributed by atoms with Gasteiger partial charge in [0.25, 0.3) is 0 Å². The number of aromatic carboxylic acids is 1. The smallest absolute Gasteiger partial charge is 0.347 e. The molecule has 0 atom stereocenters. The largest absolute Gasteiger partial charge is 0.497 e. The van der Waals surface area contributed by atoms with Crippen LogP contribution < -0.4 is 9.47 Å². The summed E-state index contributed by atoms with van der Waals surface area (Å²) in [5.74, 6) is 0.411. The van der Waals surface area contributed by atoms with Gasteiger partial charge in [0.05, 0.1) is 20.4 Å². The highest BCUT2D eigenvalue weighted by Gasteiger charge is 2.06. The van der Waals surface area contributed by atoms with Gasteiger partial charge in [0.1, 0.15) is 21.4 Å². The molecule has 0 aliphatic heterocycles. The maximum atomic E-state index is 10.8. The number of carboxylic acids is 1. The van der Waals surface area contributed by atoms with Crippen molar-refractivity contribution in [3.05, 3.63) is 39.8 Å². The molecule has 20 heavy (non-hydrogen) atoms. The van der Waals surface area contributed by atoms with Gasteiger partial charge in [-0.1, -0.05) is 6.08 Å². The third-order valence-corrected chi connectivity index (χ3v) is 3.48. The van der Waals surface area contributed by atoms with Crippen LogP contribution in [0.15, 0.2) is 24.4 Å². The molecular weight excluding hydrogens is 278 g/mol. The summed E-state index contributed by atoms with van der Waals surface area (Å²) < 4.78 is 10.4. The number of benzene rings is 1. The van der Waals surface area contributed by atoms with Gasteiger partial charge >= 0.3 is 5.97 Å². The lowest BCUT2D eigenvalue weighted by Crippen LogP contribution is -1.89. The number of aromatic nitrogens is 1. The molecular formula is C14H13NO4S. The van der Waals surface area contributed by atoms with E-state index in [2.05, 4.69) is 4.98 Å². The summed E-state index contributed by atoms with van der Waals surface area (Å²) in [6, 6.07) is 5.48. The Morgan fingerprint density at radius 2 is 1.85 bits per heavy atom. The van der Waals surface area contributed by atoms with E-state index in [4.69, 9.17) is 14.6 Å². The maximum absolute atomic E-state index is 10.8. The monoisotopic (exact) mass is 291 g/mol. The zero-order valence-electron chi connectivity index (χ0n) is 11.0. The minimum absolute atomic E-state index is 0.216. The fourth-order valence-electron chi connectivity index (χ4n) is 1.56. The Morgan fingerprint density at radius 3 is 2.35 bits per heavy atom. The molecule has 1 N–H and O–H groups in total. The lowest BCUT2D eigenvalue weighted by molar-refractivity contribution is 0.0702. The number of nitrogens with zero attached hydrogens (tertiary/aromatic N) is 1. The second-order valence-electron chi connectivity index (χ2n) is 3.85. The van der Waals surface area contributed by atoms with Crippen molar-refractivity contribution >= 4 is 29.5 Å². The van der Waals surface area contributed by atoms with E-state index in [1.54, 1.807) is 26.4 Å². The first-order valence-electron chi connectivity index (χ1n) is 5.72. The second-order valence-corrected chi connectivity index (χ2v) is 4.91. The standard InChI is InChI=1S/C14H13NO4S/c1-18-10-5-9(6-11(7-10)19-2)3-4-13-15-8-12(20-13)14(16)17/h3-8H,1-2H3,(H,16,17)/b4-3+. The number of methoxy groups -OCH3 is 2. The van der Waals surface area contributed by atoms with Gasteiger partial charge in [-0.3, -0.25) is 0 Å². The zero-order valence-corrected chi connectivity index (χ0v) is 11.8. The third-order valence-electron chi connectivity index (χ3n) is 2.53. The molecule has 0 spiro atoms. The first-order chi connectivity index (χ1) is 9.62. The molecule has 6 heteroatoms. The predicted octanol–water partition coefficient (Wildman–Crippen LogP) is 3.03. The molecule has 1 aromatic carbocycles. The highest BCUT2D eigenvalue weighted by molar-refractivity contribution is 7.14. The van der Waals surface area contributed by atoms with Crippen molar-refractivity contribution in [2.45, 2.75) is 0 Å². The molecule has 2 rings (SSSR count). The molecule has 104 valence electrons. The zero-order chi connectivity index (χ0) is 14.5. The SMILES string of the molecule is COc1cc(/C=C/c2ncc(C(=O)O)s2)cc(OC)c1. The van der Waals surface area contributed by atoms with Crippen LogP contribution in [0, 0.1) is 0 Å². The highest BCUT2D eigenvalue weighted by atomic mass is 32.1. The van der Waals surface area contributed by atoms with Gasteiger partial charge in [0.15, 0.2) is 0 Å². The number of ether oxygens (including phenoxy) is 2. The highest BCUT2D eigenvalue weighted by Crippen LogP contribution is 2.24. The van der Waals surface area contributed by atoms with E-state index >= 15 is 0 Å². The number of carboxylic acid groups (broad SMARTS) is 1. The van der Waals surface area contributed by atoms with Crippen molar-refractivity contribution in [1.29, 1.82) is 0 Å². The van der Waals surface area contributed by atoms with Crippen molar-refractivity contribution < 1.29 is 19.4 Å². The summed E-state index contributed by atoms with van der Waals surface area (Å²) in [7, 11) is 3.17.